The standard InChI is InChI=1S/C14H18FNO6/c1-7(18)16-11-13(20)12(19)10(6-17)22-14(11)21-9-4-2-8(15)3-5-9/h2-5,10-14,17,19-20H,6H2,1H3,(H,16,18). The maximum Gasteiger partial charge on any atom is 0.223 e. The van der Waals surface area contributed by atoms with Crippen molar-refractivity contribution in [2.24, 2.45) is 0 Å². The van der Waals surface area contributed by atoms with Gasteiger partial charge in [-0.15, -0.1) is 0 Å². The lowest BCUT2D eigenvalue weighted by Crippen LogP contribution is -2.65. The molecule has 1 aromatic carbocycles. The number of amides is 1. The predicted molar refractivity (Wildman–Crippen MR) is 72.4 cm³/mol. The summed E-state index contributed by atoms with van der Waals surface area (Å²) in [7, 11) is 0. The van der Waals surface area contributed by atoms with Gasteiger partial charge in [0.15, 0.2) is 0 Å². The number of carbonyl (C=O) groups is 1. The largest absolute Gasteiger partial charge is 0.463 e. The summed E-state index contributed by atoms with van der Waals surface area (Å²) >= 11 is 0. The average Bonchev–Trinajstić information content (AvgIpc) is 2.48. The topological polar surface area (TPSA) is 108 Å². The van der Waals surface area contributed by atoms with Gasteiger partial charge in [0.05, 0.1) is 6.61 Å². The van der Waals surface area contributed by atoms with Crippen molar-refractivity contribution in [3.63, 3.8) is 0 Å². The van der Waals surface area contributed by atoms with E-state index in [0.29, 0.717) is 0 Å². The third-order valence-electron chi connectivity index (χ3n) is 3.32. The molecule has 4 N–H and O–H groups in total. The van der Waals surface area contributed by atoms with Gasteiger partial charge >= 0.3 is 0 Å². The van der Waals surface area contributed by atoms with Crippen molar-refractivity contribution in [3.05, 3.63) is 30.1 Å². The van der Waals surface area contributed by atoms with Crippen LogP contribution in [0.15, 0.2) is 24.3 Å². The van der Waals surface area contributed by atoms with Crippen molar-refractivity contribution >= 4 is 5.91 Å². The molecule has 0 spiro atoms. The molecular weight excluding hydrogens is 297 g/mol. The number of ether oxygens (including phenoxy) is 2. The first kappa shape index (κ1) is 16.6. The fourth-order valence-corrected chi connectivity index (χ4v) is 2.22. The molecule has 2 rings (SSSR count). The summed E-state index contributed by atoms with van der Waals surface area (Å²) in [5, 5.41) is 31.5. The van der Waals surface area contributed by atoms with E-state index in [-0.39, 0.29) is 5.75 Å². The van der Waals surface area contributed by atoms with Crippen LogP contribution in [-0.4, -0.2) is 58.5 Å². The van der Waals surface area contributed by atoms with Gasteiger partial charge in [0.2, 0.25) is 12.2 Å². The van der Waals surface area contributed by atoms with Gasteiger partial charge in [-0.3, -0.25) is 4.79 Å². The molecule has 0 aromatic heterocycles. The summed E-state index contributed by atoms with van der Waals surface area (Å²) in [6.45, 7) is 0.709. The molecule has 0 radical (unpaired) electrons. The fraction of sp³-hybridized carbons (Fsp3) is 0.500. The first-order valence-electron chi connectivity index (χ1n) is 6.74. The quantitative estimate of drug-likeness (QED) is 0.576. The maximum atomic E-state index is 12.9. The molecule has 1 heterocycles. The van der Waals surface area contributed by atoms with Crippen LogP contribution in [0.2, 0.25) is 0 Å². The van der Waals surface area contributed by atoms with E-state index in [1.165, 1.54) is 31.2 Å². The Bertz CT molecular complexity index is 511. The van der Waals surface area contributed by atoms with E-state index in [1.807, 2.05) is 0 Å². The van der Waals surface area contributed by atoms with E-state index in [9.17, 15) is 24.5 Å². The molecule has 122 valence electrons. The third-order valence-corrected chi connectivity index (χ3v) is 3.32. The molecule has 1 aliphatic heterocycles. The highest BCUT2D eigenvalue weighted by molar-refractivity contribution is 5.73. The monoisotopic (exact) mass is 315 g/mol. The fourth-order valence-electron chi connectivity index (χ4n) is 2.22. The van der Waals surface area contributed by atoms with Crippen molar-refractivity contribution in [2.45, 2.75) is 37.6 Å². The highest BCUT2D eigenvalue weighted by Crippen LogP contribution is 2.24. The number of nitrogens with one attached hydrogen (secondary N) is 1. The number of benzene rings is 1. The summed E-state index contributed by atoms with van der Waals surface area (Å²) < 4.78 is 23.8. The summed E-state index contributed by atoms with van der Waals surface area (Å²) in [5.74, 6) is -0.643. The summed E-state index contributed by atoms with van der Waals surface area (Å²) in [6, 6.07) is 4.03. The Kier molecular flexibility index (Phi) is 5.30. The van der Waals surface area contributed by atoms with Crippen LogP contribution in [0, 0.1) is 5.82 Å². The van der Waals surface area contributed by atoms with Crippen LogP contribution in [0.25, 0.3) is 0 Å². The van der Waals surface area contributed by atoms with Crippen molar-refractivity contribution in [1.82, 2.24) is 5.32 Å². The van der Waals surface area contributed by atoms with Crippen molar-refractivity contribution in [2.75, 3.05) is 6.61 Å². The lowest BCUT2D eigenvalue weighted by atomic mass is 9.97. The van der Waals surface area contributed by atoms with Crippen LogP contribution in [-0.2, 0) is 9.53 Å². The number of aliphatic hydroxyl groups excluding tert-OH is 3. The number of carbonyl (C=O) groups excluding carboxylic acids is 1. The van der Waals surface area contributed by atoms with Crippen molar-refractivity contribution in [3.8, 4) is 5.75 Å². The van der Waals surface area contributed by atoms with Gasteiger partial charge in [-0.1, -0.05) is 0 Å². The SMILES string of the molecule is CC(=O)NC1C(Oc2ccc(F)cc2)OC(CO)C(O)C1O. The lowest BCUT2D eigenvalue weighted by Gasteiger charge is -2.42. The normalized spacial score (nSPS) is 31.6. The number of halogens is 1. The molecule has 1 amide bonds. The van der Waals surface area contributed by atoms with Gasteiger partial charge in [-0.05, 0) is 24.3 Å². The van der Waals surface area contributed by atoms with Gasteiger partial charge in [0.25, 0.3) is 0 Å². The molecule has 0 saturated carbocycles. The van der Waals surface area contributed by atoms with Crippen LogP contribution in [0.1, 0.15) is 6.92 Å². The van der Waals surface area contributed by atoms with Crippen LogP contribution >= 0.6 is 0 Å². The molecule has 0 aliphatic carbocycles. The van der Waals surface area contributed by atoms with E-state index in [4.69, 9.17) is 9.47 Å². The van der Waals surface area contributed by atoms with E-state index >= 15 is 0 Å². The van der Waals surface area contributed by atoms with E-state index in [0.717, 1.165) is 0 Å². The molecule has 1 saturated heterocycles. The molecule has 1 fully saturated rings. The molecule has 5 unspecified atom stereocenters. The van der Waals surface area contributed by atoms with Gasteiger partial charge in [0.1, 0.15) is 35.9 Å². The van der Waals surface area contributed by atoms with Crippen LogP contribution in [0.5, 0.6) is 5.75 Å². The Hall–Kier alpha value is -1.74. The molecule has 1 aliphatic rings. The number of aliphatic hydroxyl groups is 3. The zero-order chi connectivity index (χ0) is 16.3. The Morgan fingerprint density at radius 1 is 1.32 bits per heavy atom. The Labute approximate surface area is 126 Å². The highest BCUT2D eigenvalue weighted by Gasteiger charge is 2.46. The zero-order valence-electron chi connectivity index (χ0n) is 11.8. The Morgan fingerprint density at radius 2 is 1.95 bits per heavy atom. The summed E-state index contributed by atoms with van der Waals surface area (Å²) in [5.41, 5.74) is 0. The minimum Gasteiger partial charge on any atom is -0.463 e. The van der Waals surface area contributed by atoms with E-state index in [2.05, 4.69) is 5.32 Å². The number of hydrogen-bond donors (Lipinski definition) is 4. The second kappa shape index (κ2) is 7.01. The molecule has 0 bridgehead atoms. The smallest absolute Gasteiger partial charge is 0.223 e. The summed E-state index contributed by atoms with van der Waals surface area (Å²) in [6.07, 6.45) is -4.98. The molecular formula is C14H18FNO6. The first-order chi connectivity index (χ1) is 10.4. The van der Waals surface area contributed by atoms with Crippen LogP contribution < -0.4 is 10.1 Å². The highest BCUT2D eigenvalue weighted by atomic mass is 19.1. The zero-order valence-corrected chi connectivity index (χ0v) is 11.8. The molecule has 8 heteroatoms. The maximum absolute atomic E-state index is 12.9. The predicted octanol–water partition coefficient (Wildman–Crippen LogP) is -0.852. The minimum absolute atomic E-state index is 0.252. The Balaban J connectivity index is 2.18. The molecule has 22 heavy (non-hydrogen) atoms. The number of hydrogen-bond acceptors (Lipinski definition) is 6. The van der Waals surface area contributed by atoms with Crippen molar-refractivity contribution in [1.29, 1.82) is 0 Å². The summed E-state index contributed by atoms with van der Waals surface area (Å²) in [4.78, 5) is 11.2. The van der Waals surface area contributed by atoms with E-state index in [1.54, 1.807) is 0 Å². The average molecular weight is 315 g/mol. The Morgan fingerprint density at radius 3 is 2.50 bits per heavy atom. The first-order valence-corrected chi connectivity index (χ1v) is 6.74. The van der Waals surface area contributed by atoms with Gasteiger partial charge in [-0.25, -0.2) is 4.39 Å². The molecule has 7 nitrogen and oxygen atoms in total. The van der Waals surface area contributed by atoms with Crippen LogP contribution in [0.3, 0.4) is 0 Å². The van der Waals surface area contributed by atoms with Gasteiger partial charge in [-0.2, -0.15) is 0 Å². The second-order valence-electron chi connectivity index (χ2n) is 5.00. The molecule has 5 atom stereocenters. The van der Waals surface area contributed by atoms with E-state index < -0.39 is 49.0 Å². The molecule has 1 aromatic rings. The third kappa shape index (κ3) is 3.72. The van der Waals surface area contributed by atoms with Gasteiger partial charge in [0, 0.05) is 6.92 Å². The van der Waals surface area contributed by atoms with Crippen LogP contribution in [0.4, 0.5) is 4.39 Å². The lowest BCUT2D eigenvalue weighted by molar-refractivity contribution is -0.244. The van der Waals surface area contributed by atoms with Crippen molar-refractivity contribution < 1.29 is 34.0 Å². The number of rotatable bonds is 4. The minimum atomic E-state index is -1.39. The van der Waals surface area contributed by atoms with Gasteiger partial charge < -0.3 is 30.1 Å². The second-order valence-corrected chi connectivity index (χ2v) is 5.00.